The molecule has 1 saturated heterocycles. The average molecular weight is 329 g/mol. The highest BCUT2D eigenvalue weighted by atomic mass is 16.2. The Bertz CT molecular complexity index is 537. The SMILES string of the molecule is CNCCC1CCN(CC(=O)NC2CCCc3ccccc32)CC1. The molecule has 1 atom stereocenters. The van der Waals surface area contributed by atoms with Crippen molar-refractivity contribution in [2.24, 2.45) is 5.92 Å². The predicted octanol–water partition coefficient (Wildman–Crippen LogP) is 2.50. The minimum Gasteiger partial charge on any atom is -0.348 e. The van der Waals surface area contributed by atoms with E-state index in [1.165, 1.54) is 36.8 Å². The van der Waals surface area contributed by atoms with E-state index in [1.54, 1.807) is 0 Å². The molecule has 0 spiro atoms. The molecule has 1 aromatic rings. The zero-order valence-electron chi connectivity index (χ0n) is 14.9. The highest BCUT2D eigenvalue weighted by molar-refractivity contribution is 5.78. The third-order valence-electron chi connectivity index (χ3n) is 5.58. The van der Waals surface area contributed by atoms with Gasteiger partial charge < -0.3 is 10.6 Å². The summed E-state index contributed by atoms with van der Waals surface area (Å²) in [4.78, 5) is 14.8. The predicted molar refractivity (Wildman–Crippen MR) is 98.0 cm³/mol. The van der Waals surface area contributed by atoms with Crippen LogP contribution in [0.3, 0.4) is 0 Å². The van der Waals surface area contributed by atoms with E-state index >= 15 is 0 Å². The molecule has 1 aliphatic carbocycles. The number of carbonyl (C=O) groups excluding carboxylic acids is 1. The molecular formula is C20H31N3O. The minimum absolute atomic E-state index is 0.186. The smallest absolute Gasteiger partial charge is 0.234 e. The van der Waals surface area contributed by atoms with Gasteiger partial charge in [0, 0.05) is 0 Å². The van der Waals surface area contributed by atoms with Gasteiger partial charge in [0.2, 0.25) is 5.91 Å². The molecule has 1 aliphatic heterocycles. The van der Waals surface area contributed by atoms with Gasteiger partial charge in [0.05, 0.1) is 12.6 Å². The molecule has 0 bridgehead atoms. The van der Waals surface area contributed by atoms with Crippen molar-refractivity contribution in [1.29, 1.82) is 0 Å². The standard InChI is InChI=1S/C20H31N3O/c1-21-12-9-16-10-13-23(14-11-16)15-20(24)22-19-8-4-6-17-5-2-3-7-18(17)19/h2-3,5,7,16,19,21H,4,6,8-15H2,1H3,(H,22,24). The minimum atomic E-state index is 0.186. The van der Waals surface area contributed by atoms with E-state index in [1.807, 2.05) is 7.05 Å². The van der Waals surface area contributed by atoms with Crippen LogP contribution in [-0.4, -0.2) is 44.0 Å². The van der Waals surface area contributed by atoms with Gasteiger partial charge in [-0.15, -0.1) is 0 Å². The molecule has 1 amide bonds. The summed E-state index contributed by atoms with van der Waals surface area (Å²) in [5.74, 6) is 1.01. The van der Waals surface area contributed by atoms with Gasteiger partial charge in [-0.25, -0.2) is 0 Å². The molecule has 0 saturated carbocycles. The molecule has 0 aromatic heterocycles. The van der Waals surface area contributed by atoms with E-state index < -0.39 is 0 Å². The Balaban J connectivity index is 1.46. The number of amides is 1. The number of rotatable bonds is 6. The summed E-state index contributed by atoms with van der Waals surface area (Å²) in [7, 11) is 2.02. The van der Waals surface area contributed by atoms with E-state index in [2.05, 4.69) is 39.8 Å². The van der Waals surface area contributed by atoms with Gasteiger partial charge in [-0.2, -0.15) is 0 Å². The van der Waals surface area contributed by atoms with E-state index in [0.29, 0.717) is 6.54 Å². The Morgan fingerprint density at radius 1 is 1.21 bits per heavy atom. The van der Waals surface area contributed by atoms with Crippen molar-refractivity contribution in [2.45, 2.75) is 44.6 Å². The first kappa shape index (κ1) is 17.4. The van der Waals surface area contributed by atoms with E-state index in [-0.39, 0.29) is 11.9 Å². The van der Waals surface area contributed by atoms with E-state index in [4.69, 9.17) is 0 Å². The number of benzene rings is 1. The fourth-order valence-electron chi connectivity index (χ4n) is 4.13. The fourth-order valence-corrected chi connectivity index (χ4v) is 4.13. The maximum absolute atomic E-state index is 12.5. The second-order valence-corrected chi connectivity index (χ2v) is 7.32. The maximum Gasteiger partial charge on any atom is 0.234 e. The highest BCUT2D eigenvalue weighted by Gasteiger charge is 2.24. The van der Waals surface area contributed by atoms with E-state index in [0.717, 1.165) is 38.4 Å². The van der Waals surface area contributed by atoms with Crippen molar-refractivity contribution < 1.29 is 4.79 Å². The van der Waals surface area contributed by atoms with Crippen molar-refractivity contribution in [3.05, 3.63) is 35.4 Å². The van der Waals surface area contributed by atoms with Gasteiger partial charge in [-0.05, 0) is 82.3 Å². The summed E-state index contributed by atoms with van der Waals surface area (Å²) in [5.41, 5.74) is 2.72. The van der Waals surface area contributed by atoms with Crippen molar-refractivity contribution in [2.75, 3.05) is 33.2 Å². The molecule has 3 rings (SSSR count). The molecule has 0 radical (unpaired) electrons. The summed E-state index contributed by atoms with van der Waals surface area (Å²) >= 11 is 0. The molecule has 1 heterocycles. The number of carbonyl (C=O) groups is 1. The molecule has 2 aliphatic rings. The molecule has 1 unspecified atom stereocenters. The van der Waals surface area contributed by atoms with Gasteiger partial charge in [-0.1, -0.05) is 24.3 Å². The Kier molecular flexibility index (Phi) is 6.27. The Labute approximate surface area is 146 Å². The normalized spacial score (nSPS) is 22.1. The number of hydrogen-bond donors (Lipinski definition) is 2. The summed E-state index contributed by atoms with van der Waals surface area (Å²) in [6, 6.07) is 8.76. The van der Waals surface area contributed by atoms with Gasteiger partial charge in [0.15, 0.2) is 0 Å². The number of aryl methyl sites for hydroxylation is 1. The van der Waals surface area contributed by atoms with Gasteiger partial charge in [0.25, 0.3) is 0 Å². The van der Waals surface area contributed by atoms with Gasteiger partial charge in [-0.3, -0.25) is 9.69 Å². The van der Waals surface area contributed by atoms with Crippen LogP contribution >= 0.6 is 0 Å². The number of hydrogen-bond acceptors (Lipinski definition) is 3. The second-order valence-electron chi connectivity index (χ2n) is 7.32. The Morgan fingerprint density at radius 3 is 2.79 bits per heavy atom. The first-order chi connectivity index (χ1) is 11.8. The first-order valence-corrected chi connectivity index (χ1v) is 9.50. The van der Waals surface area contributed by atoms with Crippen molar-refractivity contribution in [1.82, 2.24) is 15.5 Å². The lowest BCUT2D eigenvalue weighted by Crippen LogP contribution is -2.43. The molecule has 1 fully saturated rings. The largest absolute Gasteiger partial charge is 0.348 e. The van der Waals surface area contributed by atoms with Crippen LogP contribution in [-0.2, 0) is 11.2 Å². The van der Waals surface area contributed by atoms with Gasteiger partial charge in [0.1, 0.15) is 0 Å². The summed E-state index contributed by atoms with van der Waals surface area (Å²) in [5, 5.41) is 6.51. The number of piperidine rings is 1. The third-order valence-corrected chi connectivity index (χ3v) is 5.58. The summed E-state index contributed by atoms with van der Waals surface area (Å²) in [6.07, 6.45) is 7.08. The number of likely N-dealkylation sites (tertiary alicyclic amines) is 1. The van der Waals surface area contributed by atoms with Crippen LogP contribution in [0.5, 0.6) is 0 Å². The molecular weight excluding hydrogens is 298 g/mol. The van der Waals surface area contributed by atoms with Crippen LogP contribution in [0.15, 0.2) is 24.3 Å². The lowest BCUT2D eigenvalue weighted by Gasteiger charge is -2.32. The Hall–Kier alpha value is -1.39. The van der Waals surface area contributed by atoms with Crippen molar-refractivity contribution in [3.8, 4) is 0 Å². The van der Waals surface area contributed by atoms with Crippen molar-refractivity contribution >= 4 is 5.91 Å². The van der Waals surface area contributed by atoms with Crippen LogP contribution in [0.4, 0.5) is 0 Å². The number of nitrogens with zero attached hydrogens (tertiary/aromatic N) is 1. The van der Waals surface area contributed by atoms with Crippen LogP contribution in [0, 0.1) is 5.92 Å². The molecule has 24 heavy (non-hydrogen) atoms. The second kappa shape index (κ2) is 8.63. The third kappa shape index (κ3) is 4.58. The summed E-state index contributed by atoms with van der Waals surface area (Å²) in [6.45, 7) is 3.77. The van der Waals surface area contributed by atoms with Crippen LogP contribution in [0.25, 0.3) is 0 Å². The molecule has 4 nitrogen and oxygen atoms in total. The fraction of sp³-hybridized carbons (Fsp3) is 0.650. The topological polar surface area (TPSA) is 44.4 Å². The van der Waals surface area contributed by atoms with Crippen LogP contribution < -0.4 is 10.6 Å². The monoisotopic (exact) mass is 329 g/mol. The quantitative estimate of drug-likeness (QED) is 0.843. The number of nitrogens with one attached hydrogen (secondary N) is 2. The molecule has 1 aromatic carbocycles. The zero-order valence-corrected chi connectivity index (χ0v) is 14.9. The van der Waals surface area contributed by atoms with Crippen LogP contribution in [0.2, 0.25) is 0 Å². The average Bonchev–Trinajstić information content (AvgIpc) is 2.61. The maximum atomic E-state index is 12.5. The Morgan fingerprint density at radius 2 is 2.00 bits per heavy atom. The van der Waals surface area contributed by atoms with Gasteiger partial charge >= 0.3 is 0 Å². The van der Waals surface area contributed by atoms with Crippen LogP contribution in [0.1, 0.15) is 49.3 Å². The number of fused-ring (bicyclic) bond motifs is 1. The molecule has 132 valence electrons. The lowest BCUT2D eigenvalue weighted by molar-refractivity contribution is -0.123. The highest BCUT2D eigenvalue weighted by Crippen LogP contribution is 2.29. The lowest BCUT2D eigenvalue weighted by atomic mass is 9.88. The zero-order chi connectivity index (χ0) is 16.8. The van der Waals surface area contributed by atoms with E-state index in [9.17, 15) is 4.79 Å². The first-order valence-electron chi connectivity index (χ1n) is 9.50. The molecule has 2 N–H and O–H groups in total. The van der Waals surface area contributed by atoms with Crippen molar-refractivity contribution in [3.63, 3.8) is 0 Å². The summed E-state index contributed by atoms with van der Waals surface area (Å²) < 4.78 is 0. The molecule has 4 heteroatoms.